The number of hydrogen-bond acceptors (Lipinski definition) is 6. The monoisotopic (exact) mass is 356 g/mol. The minimum absolute atomic E-state index is 0.0807. The van der Waals surface area contributed by atoms with Crippen LogP contribution < -0.4 is 15.8 Å². The van der Waals surface area contributed by atoms with Crippen molar-refractivity contribution in [3.8, 4) is 0 Å². The van der Waals surface area contributed by atoms with Crippen molar-refractivity contribution in [2.75, 3.05) is 25.1 Å². The summed E-state index contributed by atoms with van der Waals surface area (Å²) in [6.07, 6.45) is 1.52. The van der Waals surface area contributed by atoms with Crippen molar-refractivity contribution in [3.63, 3.8) is 0 Å². The molecule has 0 spiro atoms. The van der Waals surface area contributed by atoms with Crippen LogP contribution >= 0.6 is 0 Å². The van der Waals surface area contributed by atoms with E-state index < -0.39 is 11.8 Å². The highest BCUT2D eigenvalue weighted by molar-refractivity contribution is 5.97. The molecule has 2 aromatic rings. The van der Waals surface area contributed by atoms with Crippen molar-refractivity contribution in [1.82, 2.24) is 10.9 Å². The Balaban J connectivity index is 1.93. The average Bonchev–Trinajstić information content (AvgIpc) is 2.68. The third-order valence-corrected chi connectivity index (χ3v) is 3.66. The molecule has 0 atom stereocenters. The quantitative estimate of drug-likeness (QED) is 0.336. The Morgan fingerprint density at radius 2 is 1.62 bits per heavy atom. The molecule has 0 bridgehead atoms. The smallest absolute Gasteiger partial charge is 0.274 e. The molecule has 8 heteroatoms. The number of hydroxylamine groups is 1. The van der Waals surface area contributed by atoms with E-state index in [0.717, 1.165) is 11.3 Å². The van der Waals surface area contributed by atoms with Gasteiger partial charge >= 0.3 is 0 Å². The molecule has 0 aliphatic carbocycles. The lowest BCUT2D eigenvalue weighted by atomic mass is 10.1. The molecule has 2 rings (SSSR count). The molecule has 0 saturated carbocycles. The Hall–Kier alpha value is -3.23. The topological polar surface area (TPSA) is 114 Å². The maximum atomic E-state index is 12.0. The van der Waals surface area contributed by atoms with Crippen LogP contribution in [0.1, 0.15) is 26.3 Å². The van der Waals surface area contributed by atoms with E-state index >= 15 is 0 Å². The van der Waals surface area contributed by atoms with Gasteiger partial charge in [0.05, 0.1) is 12.8 Å². The number of nitrogens with zero attached hydrogens (tertiary/aromatic N) is 2. The maximum Gasteiger partial charge on any atom is 0.274 e. The fraction of sp³-hybridized carbons (Fsp3) is 0.167. The Bertz CT molecular complexity index is 773. The second kappa shape index (κ2) is 9.30. The van der Waals surface area contributed by atoms with Gasteiger partial charge in [0.2, 0.25) is 0 Å². The van der Waals surface area contributed by atoms with E-state index in [9.17, 15) is 9.59 Å². The Kier molecular flexibility index (Phi) is 6.84. The van der Waals surface area contributed by atoms with Gasteiger partial charge in [-0.2, -0.15) is 5.10 Å². The van der Waals surface area contributed by atoms with E-state index in [1.165, 1.54) is 36.0 Å². The summed E-state index contributed by atoms with van der Waals surface area (Å²) < 4.78 is 0. The molecule has 0 fully saturated rings. The second-order valence-corrected chi connectivity index (χ2v) is 5.45. The molecule has 0 unspecified atom stereocenters. The number of carbonyl (C=O) groups excluding carboxylic acids is 2. The predicted molar refractivity (Wildman–Crippen MR) is 97.6 cm³/mol. The van der Waals surface area contributed by atoms with E-state index in [4.69, 9.17) is 10.3 Å². The van der Waals surface area contributed by atoms with Gasteiger partial charge in [-0.3, -0.25) is 14.8 Å². The van der Waals surface area contributed by atoms with Gasteiger partial charge < -0.3 is 10.0 Å². The van der Waals surface area contributed by atoms with E-state index in [-0.39, 0.29) is 12.2 Å². The highest BCUT2D eigenvalue weighted by Gasteiger charge is 2.07. The van der Waals surface area contributed by atoms with E-state index in [0.29, 0.717) is 12.1 Å². The Morgan fingerprint density at radius 3 is 2.15 bits per heavy atom. The normalized spacial score (nSPS) is 10.6. The number of amides is 2. The largest absolute Gasteiger partial charge is 0.395 e. The standard InChI is InChI=1S/C18H20N4O4/c1-22(10-11-23)16-8-2-13(3-9-16)12-19-20-17(24)14-4-6-15(7-5-14)18(25)21-26/h2-9,12,23,26H,10-11H2,1H3,(H,20,24)(H,21,25)/b19-12+. The fourth-order valence-corrected chi connectivity index (χ4v) is 2.16. The van der Waals surface area contributed by atoms with Gasteiger partial charge in [0, 0.05) is 30.4 Å². The molecule has 8 nitrogen and oxygen atoms in total. The molecule has 0 saturated heterocycles. The number of aliphatic hydroxyl groups is 1. The summed E-state index contributed by atoms with van der Waals surface area (Å²) in [6.45, 7) is 0.625. The van der Waals surface area contributed by atoms with Crippen LogP contribution in [0.25, 0.3) is 0 Å². The molecule has 0 radical (unpaired) electrons. The molecule has 2 aromatic carbocycles. The van der Waals surface area contributed by atoms with Gasteiger partial charge in [0.15, 0.2) is 0 Å². The fourth-order valence-electron chi connectivity index (χ4n) is 2.16. The highest BCUT2D eigenvalue weighted by atomic mass is 16.5. The molecule has 0 aromatic heterocycles. The lowest BCUT2D eigenvalue weighted by Crippen LogP contribution is -2.21. The zero-order chi connectivity index (χ0) is 18.9. The van der Waals surface area contributed by atoms with Crippen LogP contribution in [-0.4, -0.2) is 48.5 Å². The second-order valence-electron chi connectivity index (χ2n) is 5.45. The molecule has 2 amide bonds. The van der Waals surface area contributed by atoms with Crippen LogP contribution in [0, 0.1) is 0 Å². The Labute approximate surface area is 150 Å². The number of carbonyl (C=O) groups is 2. The molecule has 136 valence electrons. The summed E-state index contributed by atoms with van der Waals surface area (Å²) in [5, 5.41) is 21.4. The Morgan fingerprint density at radius 1 is 1.04 bits per heavy atom. The minimum Gasteiger partial charge on any atom is -0.395 e. The number of rotatable bonds is 7. The summed E-state index contributed by atoms with van der Waals surface area (Å²) in [7, 11) is 1.88. The third-order valence-electron chi connectivity index (χ3n) is 3.66. The lowest BCUT2D eigenvalue weighted by Gasteiger charge is -2.17. The van der Waals surface area contributed by atoms with E-state index in [1.807, 2.05) is 36.2 Å². The van der Waals surface area contributed by atoms with Gasteiger partial charge in [0.25, 0.3) is 11.8 Å². The molecule has 0 aliphatic rings. The summed E-state index contributed by atoms with van der Waals surface area (Å²) in [6, 6.07) is 13.2. The molecule has 0 aliphatic heterocycles. The number of nitrogens with one attached hydrogen (secondary N) is 2. The average molecular weight is 356 g/mol. The third kappa shape index (κ3) is 5.13. The van der Waals surface area contributed by atoms with Gasteiger partial charge in [-0.25, -0.2) is 10.9 Å². The summed E-state index contributed by atoms with van der Waals surface area (Å²) in [5.41, 5.74) is 6.26. The molecular weight excluding hydrogens is 336 g/mol. The number of hydrogen-bond donors (Lipinski definition) is 4. The van der Waals surface area contributed by atoms with Crippen LogP contribution in [0.2, 0.25) is 0 Å². The van der Waals surface area contributed by atoms with Gasteiger partial charge in [-0.05, 0) is 42.0 Å². The van der Waals surface area contributed by atoms with Crippen LogP contribution in [-0.2, 0) is 0 Å². The van der Waals surface area contributed by atoms with Gasteiger partial charge in [-0.15, -0.1) is 0 Å². The zero-order valence-electron chi connectivity index (χ0n) is 14.2. The maximum absolute atomic E-state index is 12.0. The number of benzene rings is 2. The first-order chi connectivity index (χ1) is 12.5. The van der Waals surface area contributed by atoms with Crippen molar-refractivity contribution < 1.29 is 19.9 Å². The molecule has 0 heterocycles. The number of anilines is 1. The number of likely N-dealkylation sites (N-methyl/N-ethyl adjacent to an activating group) is 1. The number of aliphatic hydroxyl groups excluding tert-OH is 1. The molecule has 4 N–H and O–H groups in total. The van der Waals surface area contributed by atoms with Crippen molar-refractivity contribution in [2.24, 2.45) is 5.10 Å². The van der Waals surface area contributed by atoms with Crippen LogP contribution in [0.15, 0.2) is 53.6 Å². The minimum atomic E-state index is -0.650. The van der Waals surface area contributed by atoms with Gasteiger partial charge in [-0.1, -0.05) is 12.1 Å². The number of hydrazone groups is 1. The van der Waals surface area contributed by atoms with E-state index in [1.54, 1.807) is 0 Å². The van der Waals surface area contributed by atoms with Crippen molar-refractivity contribution in [3.05, 3.63) is 65.2 Å². The molecular formula is C18H20N4O4. The lowest BCUT2D eigenvalue weighted by molar-refractivity contribution is 0.0706. The summed E-state index contributed by atoms with van der Waals surface area (Å²) in [4.78, 5) is 25.1. The van der Waals surface area contributed by atoms with Crippen LogP contribution in [0.3, 0.4) is 0 Å². The SMILES string of the molecule is CN(CCO)c1ccc(/C=N/NC(=O)c2ccc(C(=O)NO)cc2)cc1. The first kappa shape index (κ1) is 19.1. The van der Waals surface area contributed by atoms with Crippen molar-refractivity contribution in [2.45, 2.75) is 0 Å². The van der Waals surface area contributed by atoms with Crippen LogP contribution in [0.4, 0.5) is 5.69 Å². The van der Waals surface area contributed by atoms with Gasteiger partial charge in [0.1, 0.15) is 0 Å². The van der Waals surface area contributed by atoms with E-state index in [2.05, 4.69) is 10.5 Å². The summed E-state index contributed by atoms with van der Waals surface area (Å²) >= 11 is 0. The highest BCUT2D eigenvalue weighted by Crippen LogP contribution is 2.12. The first-order valence-corrected chi connectivity index (χ1v) is 7.85. The van der Waals surface area contributed by atoms with Crippen molar-refractivity contribution >= 4 is 23.7 Å². The molecule has 26 heavy (non-hydrogen) atoms. The van der Waals surface area contributed by atoms with Crippen molar-refractivity contribution in [1.29, 1.82) is 0 Å². The zero-order valence-corrected chi connectivity index (χ0v) is 14.2. The predicted octanol–water partition coefficient (Wildman–Crippen LogP) is 0.998. The van der Waals surface area contributed by atoms with Crippen LogP contribution in [0.5, 0.6) is 0 Å². The summed E-state index contributed by atoms with van der Waals surface area (Å²) in [5.74, 6) is -1.07. The first-order valence-electron chi connectivity index (χ1n) is 7.85.